The van der Waals surface area contributed by atoms with E-state index >= 15 is 0 Å². The summed E-state index contributed by atoms with van der Waals surface area (Å²) in [5.41, 5.74) is 3.21. The zero-order valence-electron chi connectivity index (χ0n) is 12.9. The van der Waals surface area contributed by atoms with Crippen molar-refractivity contribution in [3.8, 4) is 0 Å². The predicted molar refractivity (Wildman–Crippen MR) is 86.0 cm³/mol. The van der Waals surface area contributed by atoms with Crippen molar-refractivity contribution in [3.05, 3.63) is 35.4 Å². The number of hydrogen-bond acceptors (Lipinski definition) is 1. The van der Waals surface area contributed by atoms with Crippen LogP contribution in [0.1, 0.15) is 56.6 Å². The second-order valence-electron chi connectivity index (χ2n) is 6.82. The smallest absolute Gasteiger partial charge is 0.0101 e. The number of benzene rings is 1. The maximum Gasteiger partial charge on any atom is 0.0101 e. The van der Waals surface area contributed by atoms with E-state index in [1.165, 1.54) is 51.4 Å². The van der Waals surface area contributed by atoms with Crippen molar-refractivity contribution >= 4 is 0 Å². The van der Waals surface area contributed by atoms with Crippen LogP contribution in [-0.4, -0.2) is 12.6 Å². The molecule has 0 aliphatic heterocycles. The van der Waals surface area contributed by atoms with Gasteiger partial charge in [-0.05, 0) is 55.2 Å². The molecule has 0 radical (unpaired) electrons. The van der Waals surface area contributed by atoms with Crippen LogP contribution in [0.25, 0.3) is 0 Å². The summed E-state index contributed by atoms with van der Waals surface area (Å²) in [5, 5.41) is 3.81. The summed E-state index contributed by atoms with van der Waals surface area (Å²) in [6.07, 6.45) is 11.3. The van der Waals surface area contributed by atoms with Gasteiger partial charge in [0, 0.05) is 6.04 Å². The van der Waals surface area contributed by atoms with Gasteiger partial charge in [0.25, 0.3) is 0 Å². The lowest BCUT2D eigenvalue weighted by Crippen LogP contribution is -2.40. The second kappa shape index (κ2) is 6.76. The van der Waals surface area contributed by atoms with Crippen molar-refractivity contribution in [2.24, 2.45) is 11.8 Å². The minimum absolute atomic E-state index is 0.747. The average Bonchev–Trinajstić information content (AvgIpc) is 2.99. The molecule has 20 heavy (non-hydrogen) atoms. The summed E-state index contributed by atoms with van der Waals surface area (Å²) < 4.78 is 0. The minimum atomic E-state index is 0.747. The van der Waals surface area contributed by atoms with Crippen molar-refractivity contribution in [2.45, 2.75) is 64.3 Å². The monoisotopic (exact) mass is 271 g/mol. The van der Waals surface area contributed by atoms with E-state index in [0.29, 0.717) is 0 Å². The fourth-order valence-electron chi connectivity index (χ4n) is 4.38. The van der Waals surface area contributed by atoms with E-state index in [2.05, 4.69) is 36.5 Å². The fraction of sp³-hybridized carbons (Fsp3) is 0.684. The Labute approximate surface area is 124 Å². The summed E-state index contributed by atoms with van der Waals surface area (Å²) in [6, 6.07) is 9.82. The maximum absolute atomic E-state index is 3.81. The van der Waals surface area contributed by atoms with Gasteiger partial charge in [0.1, 0.15) is 0 Å². The third kappa shape index (κ3) is 3.25. The molecule has 0 spiro atoms. The van der Waals surface area contributed by atoms with E-state index < -0.39 is 0 Å². The highest BCUT2D eigenvalue weighted by atomic mass is 14.9. The molecule has 1 N–H and O–H groups in total. The first-order chi connectivity index (χ1) is 9.86. The van der Waals surface area contributed by atoms with Crippen molar-refractivity contribution in [1.82, 2.24) is 5.32 Å². The quantitative estimate of drug-likeness (QED) is 0.839. The second-order valence-corrected chi connectivity index (χ2v) is 6.82. The van der Waals surface area contributed by atoms with Gasteiger partial charge in [-0.2, -0.15) is 0 Å². The predicted octanol–water partition coefficient (Wildman–Crippen LogP) is 4.35. The Morgan fingerprint density at radius 3 is 2.60 bits per heavy atom. The lowest BCUT2D eigenvalue weighted by Gasteiger charge is -2.33. The Morgan fingerprint density at radius 1 is 1.10 bits per heavy atom. The summed E-state index contributed by atoms with van der Waals surface area (Å²) in [5.74, 6) is 1.85. The normalized spacial score (nSPS) is 24.6. The molecule has 1 aromatic rings. The van der Waals surface area contributed by atoms with Gasteiger partial charge in [-0.1, -0.05) is 56.9 Å². The summed E-state index contributed by atoms with van der Waals surface area (Å²) in [4.78, 5) is 0. The molecule has 110 valence electrons. The van der Waals surface area contributed by atoms with Crippen molar-refractivity contribution < 1.29 is 0 Å². The molecule has 1 nitrogen and oxygen atoms in total. The molecule has 1 heteroatoms. The number of aryl methyl sites for hydroxylation is 1. The van der Waals surface area contributed by atoms with E-state index in [9.17, 15) is 0 Å². The Bertz CT molecular complexity index is 420. The number of nitrogens with one attached hydrogen (secondary N) is 1. The topological polar surface area (TPSA) is 12.0 Å². The van der Waals surface area contributed by atoms with Gasteiger partial charge in [-0.3, -0.25) is 0 Å². The SMILES string of the molecule is CCNC(CC1CCCC1)C1CCc2ccccc2C1. The van der Waals surface area contributed by atoms with Crippen LogP contribution in [-0.2, 0) is 12.8 Å². The molecule has 0 heterocycles. The number of fused-ring (bicyclic) bond motifs is 1. The van der Waals surface area contributed by atoms with E-state index in [0.717, 1.165) is 24.4 Å². The van der Waals surface area contributed by atoms with Crippen LogP contribution >= 0.6 is 0 Å². The van der Waals surface area contributed by atoms with Crippen LogP contribution in [0.4, 0.5) is 0 Å². The highest BCUT2D eigenvalue weighted by Gasteiger charge is 2.28. The van der Waals surface area contributed by atoms with Crippen LogP contribution in [0.5, 0.6) is 0 Å². The van der Waals surface area contributed by atoms with E-state index in [-0.39, 0.29) is 0 Å². The lowest BCUT2D eigenvalue weighted by molar-refractivity contribution is 0.273. The standard InChI is InChI=1S/C19H29N/c1-2-20-19(13-15-7-3-4-8-15)18-12-11-16-9-5-6-10-17(16)14-18/h5-6,9-10,15,18-20H,2-4,7-8,11-14H2,1H3. The van der Waals surface area contributed by atoms with Crippen molar-refractivity contribution in [1.29, 1.82) is 0 Å². The molecule has 1 saturated carbocycles. The molecule has 0 amide bonds. The number of rotatable bonds is 5. The van der Waals surface area contributed by atoms with Crippen LogP contribution in [0, 0.1) is 11.8 Å². The van der Waals surface area contributed by atoms with E-state index in [4.69, 9.17) is 0 Å². The molecule has 2 atom stereocenters. The third-order valence-electron chi connectivity index (χ3n) is 5.48. The first kappa shape index (κ1) is 14.1. The Kier molecular flexibility index (Phi) is 4.77. The first-order valence-electron chi connectivity index (χ1n) is 8.67. The van der Waals surface area contributed by atoms with Crippen molar-refractivity contribution in [2.75, 3.05) is 6.54 Å². The van der Waals surface area contributed by atoms with Gasteiger partial charge in [-0.25, -0.2) is 0 Å². The van der Waals surface area contributed by atoms with Gasteiger partial charge in [0.15, 0.2) is 0 Å². The first-order valence-corrected chi connectivity index (χ1v) is 8.67. The molecule has 3 rings (SSSR count). The van der Waals surface area contributed by atoms with Gasteiger partial charge in [0.2, 0.25) is 0 Å². The molecule has 2 aliphatic carbocycles. The molecular weight excluding hydrogens is 242 g/mol. The largest absolute Gasteiger partial charge is 0.314 e. The van der Waals surface area contributed by atoms with Crippen LogP contribution in [0.3, 0.4) is 0 Å². The molecule has 0 aromatic heterocycles. The average molecular weight is 271 g/mol. The Balaban J connectivity index is 1.65. The molecule has 1 fully saturated rings. The van der Waals surface area contributed by atoms with Gasteiger partial charge >= 0.3 is 0 Å². The Hall–Kier alpha value is -0.820. The zero-order valence-corrected chi connectivity index (χ0v) is 12.9. The number of hydrogen-bond donors (Lipinski definition) is 1. The van der Waals surface area contributed by atoms with Gasteiger partial charge in [0.05, 0.1) is 0 Å². The summed E-state index contributed by atoms with van der Waals surface area (Å²) >= 11 is 0. The molecule has 0 saturated heterocycles. The fourth-order valence-corrected chi connectivity index (χ4v) is 4.38. The molecule has 0 bridgehead atoms. The molecule has 2 aliphatic rings. The highest BCUT2D eigenvalue weighted by Crippen LogP contribution is 2.34. The summed E-state index contributed by atoms with van der Waals surface area (Å²) in [6.45, 7) is 3.38. The highest BCUT2D eigenvalue weighted by molar-refractivity contribution is 5.30. The third-order valence-corrected chi connectivity index (χ3v) is 5.48. The lowest BCUT2D eigenvalue weighted by atomic mass is 9.77. The molecular formula is C19H29N. The van der Waals surface area contributed by atoms with Crippen molar-refractivity contribution in [3.63, 3.8) is 0 Å². The van der Waals surface area contributed by atoms with Gasteiger partial charge < -0.3 is 5.32 Å². The van der Waals surface area contributed by atoms with Gasteiger partial charge in [-0.15, -0.1) is 0 Å². The van der Waals surface area contributed by atoms with E-state index in [1.807, 2.05) is 0 Å². The Morgan fingerprint density at radius 2 is 1.85 bits per heavy atom. The molecule has 2 unspecified atom stereocenters. The summed E-state index contributed by atoms with van der Waals surface area (Å²) in [7, 11) is 0. The van der Waals surface area contributed by atoms with E-state index in [1.54, 1.807) is 11.1 Å². The van der Waals surface area contributed by atoms with Crippen LogP contribution in [0.15, 0.2) is 24.3 Å². The molecule has 1 aromatic carbocycles. The van der Waals surface area contributed by atoms with Crippen LogP contribution < -0.4 is 5.32 Å². The maximum atomic E-state index is 3.81. The van der Waals surface area contributed by atoms with Crippen LogP contribution in [0.2, 0.25) is 0 Å². The minimum Gasteiger partial charge on any atom is -0.314 e. The zero-order chi connectivity index (χ0) is 13.8.